The standard InChI is InChI=1S/C7H11NP.Y/c1-5(2)7(9)6(3)4-8;/h6H,1,9H2,2-3H3;/q-1;/b7-5+;. The average Bonchev–Trinajstić information content (AvgIpc) is 1.84. The Balaban J connectivity index is 0. The van der Waals surface area contributed by atoms with Crippen LogP contribution in [0.4, 0.5) is 0 Å². The van der Waals surface area contributed by atoms with Crippen LogP contribution in [0.2, 0.25) is 0 Å². The van der Waals surface area contributed by atoms with Gasteiger partial charge in [0.25, 0.3) is 0 Å². The second-order valence-electron chi connectivity index (χ2n) is 2.09. The van der Waals surface area contributed by atoms with Gasteiger partial charge in [0, 0.05) is 38.6 Å². The van der Waals surface area contributed by atoms with Crippen molar-refractivity contribution >= 4 is 9.24 Å². The number of hydrogen-bond donors (Lipinski definition) is 0. The molecule has 0 saturated carbocycles. The van der Waals surface area contributed by atoms with Crippen molar-refractivity contribution in [3.63, 3.8) is 0 Å². The minimum Gasteiger partial charge on any atom is -0.241 e. The van der Waals surface area contributed by atoms with Crippen LogP contribution in [-0.4, -0.2) is 0 Å². The molecule has 0 saturated heterocycles. The topological polar surface area (TPSA) is 23.8 Å². The molecule has 0 N–H and O–H groups in total. The summed E-state index contributed by atoms with van der Waals surface area (Å²) in [7, 11) is 2.53. The van der Waals surface area contributed by atoms with Crippen molar-refractivity contribution in [2.75, 3.05) is 0 Å². The second-order valence-corrected chi connectivity index (χ2v) is 2.71. The molecule has 3 heteroatoms. The fraction of sp³-hybridized carbons (Fsp3) is 0.429. The summed E-state index contributed by atoms with van der Waals surface area (Å²) in [4.78, 5) is 0. The summed E-state index contributed by atoms with van der Waals surface area (Å²) in [5.74, 6) is -0.0208. The van der Waals surface area contributed by atoms with E-state index in [1.54, 1.807) is 0 Å². The Labute approximate surface area is 90.3 Å². The molecule has 0 aliphatic carbocycles. The molecule has 0 aliphatic rings. The van der Waals surface area contributed by atoms with E-state index in [4.69, 9.17) is 5.26 Å². The normalized spacial score (nSPS) is 14.2. The summed E-state index contributed by atoms with van der Waals surface area (Å²) in [6.07, 6.45) is 0. The maximum atomic E-state index is 8.43. The van der Waals surface area contributed by atoms with E-state index >= 15 is 0 Å². The average molecular weight is 229 g/mol. The maximum Gasteiger partial charge on any atom is 0.0515 e. The number of nitriles is 1. The van der Waals surface area contributed by atoms with Gasteiger partial charge in [-0.2, -0.15) is 19.8 Å². The van der Waals surface area contributed by atoms with Crippen LogP contribution in [0.15, 0.2) is 10.9 Å². The first-order valence-electron chi connectivity index (χ1n) is 2.77. The van der Waals surface area contributed by atoms with E-state index in [2.05, 4.69) is 22.2 Å². The number of rotatable bonds is 1. The van der Waals surface area contributed by atoms with Crippen LogP contribution in [0, 0.1) is 24.2 Å². The Morgan fingerprint density at radius 3 is 2.20 bits per heavy atom. The maximum absolute atomic E-state index is 8.43. The smallest absolute Gasteiger partial charge is 0.0515 e. The Bertz CT molecular complexity index is 165. The quantitative estimate of drug-likeness (QED) is 0.499. The molecule has 53 valence electrons. The van der Waals surface area contributed by atoms with Crippen LogP contribution in [0.5, 0.6) is 0 Å². The third-order valence-corrected chi connectivity index (χ3v) is 2.15. The molecule has 1 nitrogen and oxygen atoms in total. The number of nitrogens with zero attached hydrogens (tertiary/aromatic N) is 1. The van der Waals surface area contributed by atoms with Gasteiger partial charge < -0.3 is 0 Å². The van der Waals surface area contributed by atoms with E-state index in [1.165, 1.54) is 0 Å². The van der Waals surface area contributed by atoms with Gasteiger partial charge in [0.1, 0.15) is 0 Å². The Morgan fingerprint density at radius 1 is 1.70 bits per heavy atom. The predicted molar refractivity (Wildman–Crippen MR) is 42.5 cm³/mol. The van der Waals surface area contributed by atoms with Crippen LogP contribution >= 0.6 is 9.24 Å². The van der Waals surface area contributed by atoms with Gasteiger partial charge in [0.2, 0.25) is 0 Å². The first-order chi connectivity index (χ1) is 4.09. The van der Waals surface area contributed by atoms with E-state index in [9.17, 15) is 0 Å². The van der Waals surface area contributed by atoms with Crippen molar-refractivity contribution in [2.24, 2.45) is 5.92 Å². The summed E-state index contributed by atoms with van der Waals surface area (Å²) in [5, 5.41) is 9.43. The summed E-state index contributed by atoms with van der Waals surface area (Å²) in [5.41, 5.74) is 0.967. The van der Waals surface area contributed by atoms with Crippen molar-refractivity contribution in [3.8, 4) is 6.07 Å². The van der Waals surface area contributed by atoms with E-state index in [1.807, 2.05) is 13.8 Å². The van der Waals surface area contributed by atoms with E-state index in [0.29, 0.717) is 0 Å². The first kappa shape index (κ1) is 13.2. The molecular weight excluding hydrogens is 218 g/mol. The Morgan fingerprint density at radius 2 is 2.10 bits per heavy atom. The zero-order chi connectivity index (χ0) is 7.44. The largest absolute Gasteiger partial charge is 0.241 e. The van der Waals surface area contributed by atoms with Crippen molar-refractivity contribution in [1.29, 1.82) is 5.26 Å². The fourth-order valence-electron chi connectivity index (χ4n) is 0.439. The number of allylic oxidation sites excluding steroid dienone is 2. The number of hydrogen-bond acceptors (Lipinski definition) is 1. The van der Waals surface area contributed by atoms with Gasteiger partial charge in [0.15, 0.2) is 0 Å². The van der Waals surface area contributed by atoms with Gasteiger partial charge in [-0.1, -0.05) is 13.8 Å². The molecule has 0 rings (SSSR count). The molecule has 0 spiro atoms. The van der Waals surface area contributed by atoms with Gasteiger partial charge in [0.05, 0.1) is 6.07 Å². The molecule has 0 bridgehead atoms. The van der Waals surface area contributed by atoms with Gasteiger partial charge in [-0.25, -0.2) is 12.5 Å². The summed E-state index contributed by atoms with van der Waals surface area (Å²) >= 11 is 0. The summed E-state index contributed by atoms with van der Waals surface area (Å²) in [6, 6.07) is 2.13. The molecule has 2 atom stereocenters. The van der Waals surface area contributed by atoms with E-state index in [0.717, 1.165) is 10.9 Å². The molecular formula is C7H11NPY-. The molecule has 0 aromatic rings. The van der Waals surface area contributed by atoms with Crippen LogP contribution in [0.25, 0.3) is 0 Å². The monoisotopic (exact) mass is 229 g/mol. The van der Waals surface area contributed by atoms with Crippen LogP contribution in [0.1, 0.15) is 13.8 Å². The van der Waals surface area contributed by atoms with Gasteiger partial charge in [-0.15, -0.1) is 0 Å². The second kappa shape index (κ2) is 6.35. The minimum absolute atomic E-state index is 0. The molecule has 0 fully saturated rings. The Kier molecular flexibility index (Phi) is 8.41. The molecule has 0 aromatic heterocycles. The summed E-state index contributed by atoms with van der Waals surface area (Å²) in [6.45, 7) is 7.47. The first-order valence-corrected chi connectivity index (χ1v) is 3.35. The molecule has 0 aliphatic heterocycles. The SMILES string of the molecule is [CH2-]/C(C)=C(\P)C(C)C#N.[Y]. The van der Waals surface area contributed by atoms with Crippen molar-refractivity contribution in [3.05, 3.63) is 17.8 Å². The predicted octanol–water partition coefficient (Wildman–Crippen LogP) is 2.13. The van der Waals surface area contributed by atoms with E-state index < -0.39 is 0 Å². The van der Waals surface area contributed by atoms with Crippen molar-refractivity contribution in [1.82, 2.24) is 0 Å². The van der Waals surface area contributed by atoms with Gasteiger partial charge in [-0.3, -0.25) is 0 Å². The third-order valence-electron chi connectivity index (χ3n) is 1.15. The van der Waals surface area contributed by atoms with Gasteiger partial charge >= 0.3 is 0 Å². The molecule has 0 amide bonds. The van der Waals surface area contributed by atoms with Crippen LogP contribution < -0.4 is 0 Å². The molecule has 10 heavy (non-hydrogen) atoms. The zero-order valence-electron chi connectivity index (χ0n) is 6.39. The van der Waals surface area contributed by atoms with Crippen molar-refractivity contribution < 1.29 is 32.7 Å². The van der Waals surface area contributed by atoms with Crippen LogP contribution in [0.3, 0.4) is 0 Å². The fourth-order valence-corrected chi connectivity index (χ4v) is 0.514. The molecule has 2 unspecified atom stereocenters. The Hall–Kier alpha value is 0.634. The van der Waals surface area contributed by atoms with E-state index in [-0.39, 0.29) is 38.6 Å². The molecule has 0 aromatic carbocycles. The summed E-state index contributed by atoms with van der Waals surface area (Å²) < 4.78 is 0. The zero-order valence-corrected chi connectivity index (χ0v) is 10.4. The molecule has 1 radical (unpaired) electrons. The van der Waals surface area contributed by atoms with Crippen LogP contribution in [-0.2, 0) is 32.7 Å². The van der Waals surface area contributed by atoms with Crippen molar-refractivity contribution in [2.45, 2.75) is 13.8 Å². The minimum atomic E-state index is -0.0208. The molecule has 0 heterocycles. The third kappa shape index (κ3) is 4.45. The van der Waals surface area contributed by atoms with Gasteiger partial charge in [-0.05, 0) is 0 Å².